The molecule has 15 rings (SSSR count). The van der Waals surface area contributed by atoms with Crippen LogP contribution in [0.15, 0.2) is 229 Å². The number of thiophene rings is 1. The van der Waals surface area contributed by atoms with Crippen molar-refractivity contribution in [2.24, 2.45) is 0 Å². The summed E-state index contributed by atoms with van der Waals surface area (Å²) in [5, 5.41) is 9.49. The molecule has 0 atom stereocenters. The van der Waals surface area contributed by atoms with Crippen LogP contribution in [0.2, 0.25) is 0 Å². The van der Waals surface area contributed by atoms with E-state index in [1.54, 1.807) is 0 Å². The molecule has 326 valence electrons. The first kappa shape index (κ1) is 38.9. The maximum atomic E-state index is 6.50. The Balaban J connectivity index is 0.864. The zero-order valence-electron chi connectivity index (χ0n) is 37.4. The van der Waals surface area contributed by atoms with Crippen LogP contribution in [0.5, 0.6) is 0 Å². The minimum atomic E-state index is 0.604. The number of benzene rings is 10. The van der Waals surface area contributed by atoms with Crippen LogP contribution in [0.4, 0.5) is 0 Å². The lowest BCUT2D eigenvalue weighted by Gasteiger charge is -2.11. The van der Waals surface area contributed by atoms with E-state index >= 15 is 0 Å². The summed E-state index contributed by atoms with van der Waals surface area (Å²) in [5.41, 5.74) is 13.7. The van der Waals surface area contributed by atoms with E-state index in [4.69, 9.17) is 19.4 Å². The molecule has 0 bridgehead atoms. The smallest absolute Gasteiger partial charge is 0.164 e. The Morgan fingerprint density at radius 2 is 0.786 bits per heavy atom. The van der Waals surface area contributed by atoms with Gasteiger partial charge < -0.3 is 13.6 Å². The predicted molar refractivity (Wildman–Crippen MR) is 290 cm³/mol. The van der Waals surface area contributed by atoms with E-state index in [-0.39, 0.29) is 0 Å². The second-order valence-electron chi connectivity index (χ2n) is 18.0. The Morgan fingerprint density at radius 3 is 1.47 bits per heavy atom. The molecule has 0 saturated heterocycles. The first-order valence-corrected chi connectivity index (χ1v) is 24.3. The SMILES string of the molecule is c1ccc(-c2nc(-c3ccccc3)nc(-c3ccc4oc5ccc(-n6c7ccccc7c7cc(-n8c9ccccc9c9cc(-c%10cccc%11c%10sc%10ccccc%10%11)ccc98)ccc76)cc5c4c3)n2)cc1. The van der Waals surface area contributed by atoms with E-state index in [1.165, 1.54) is 63.9 Å². The minimum absolute atomic E-state index is 0.604. The van der Waals surface area contributed by atoms with Gasteiger partial charge in [-0.2, -0.15) is 0 Å². The Kier molecular flexibility index (Phi) is 8.43. The van der Waals surface area contributed by atoms with E-state index in [9.17, 15) is 0 Å². The molecule has 0 radical (unpaired) electrons. The van der Waals surface area contributed by atoms with Gasteiger partial charge in [-0.25, -0.2) is 15.0 Å². The van der Waals surface area contributed by atoms with Crippen molar-refractivity contribution in [1.82, 2.24) is 24.1 Å². The van der Waals surface area contributed by atoms with E-state index in [0.717, 1.165) is 61.0 Å². The fraction of sp³-hybridized carbons (Fsp3) is 0. The highest BCUT2D eigenvalue weighted by Gasteiger charge is 2.20. The van der Waals surface area contributed by atoms with E-state index < -0.39 is 0 Å². The second-order valence-corrected chi connectivity index (χ2v) is 19.0. The Hall–Kier alpha value is -9.17. The third kappa shape index (κ3) is 5.95. The monoisotopic (exact) mass is 911 g/mol. The minimum Gasteiger partial charge on any atom is -0.456 e. The Labute approximate surface area is 404 Å². The summed E-state index contributed by atoms with van der Waals surface area (Å²) in [6.45, 7) is 0. The van der Waals surface area contributed by atoms with Crippen molar-refractivity contribution in [3.63, 3.8) is 0 Å². The highest BCUT2D eigenvalue weighted by Crippen LogP contribution is 2.43. The average molecular weight is 912 g/mol. The fourth-order valence-corrected chi connectivity index (χ4v) is 12.0. The number of hydrogen-bond donors (Lipinski definition) is 0. The number of para-hydroxylation sites is 2. The topological polar surface area (TPSA) is 61.7 Å². The highest BCUT2D eigenvalue weighted by molar-refractivity contribution is 7.26. The lowest BCUT2D eigenvalue weighted by molar-refractivity contribution is 0.669. The van der Waals surface area contributed by atoms with Gasteiger partial charge >= 0.3 is 0 Å². The number of nitrogens with zero attached hydrogens (tertiary/aromatic N) is 5. The number of hydrogen-bond acceptors (Lipinski definition) is 5. The molecule has 7 heteroatoms. The molecule has 0 aliphatic carbocycles. The molecule has 0 amide bonds. The highest BCUT2D eigenvalue weighted by atomic mass is 32.1. The second kappa shape index (κ2) is 15.2. The molecule has 6 nitrogen and oxygen atoms in total. The molecule has 0 fully saturated rings. The van der Waals surface area contributed by atoms with Crippen molar-refractivity contribution in [2.45, 2.75) is 0 Å². The van der Waals surface area contributed by atoms with Crippen molar-refractivity contribution in [3.05, 3.63) is 224 Å². The van der Waals surface area contributed by atoms with Crippen molar-refractivity contribution >= 4 is 97.1 Å². The quantitative estimate of drug-likeness (QED) is 0.167. The summed E-state index contributed by atoms with van der Waals surface area (Å²) in [5.74, 6) is 1.86. The van der Waals surface area contributed by atoms with Gasteiger partial charge in [-0.1, -0.05) is 140 Å². The van der Waals surface area contributed by atoms with E-state index in [2.05, 4.69) is 161 Å². The van der Waals surface area contributed by atoms with Gasteiger partial charge in [0.15, 0.2) is 17.5 Å². The summed E-state index contributed by atoms with van der Waals surface area (Å²) in [6.07, 6.45) is 0. The molecule has 15 aromatic rings. The van der Waals surface area contributed by atoms with Crippen LogP contribution in [-0.2, 0) is 0 Å². The fourth-order valence-electron chi connectivity index (χ4n) is 10.8. The van der Waals surface area contributed by atoms with Crippen LogP contribution in [-0.4, -0.2) is 24.1 Å². The first-order chi connectivity index (χ1) is 34.7. The van der Waals surface area contributed by atoms with E-state index in [1.807, 2.05) is 84.1 Å². The van der Waals surface area contributed by atoms with Crippen molar-refractivity contribution < 1.29 is 4.42 Å². The standard InChI is InChI=1S/C63H37N5OS/c1-3-14-38(15-4-1)61-64-62(39-16-5-2-6-17-39)66-63(65-61)41-27-32-57-51(35-41)52-37-43(29-33-58(52)69-57)68-54-24-11-8-19-46(54)50-36-42(28-31-56(50)68)67-53-23-10-7-18-45(53)49-34-40(26-30-55(49)67)44-21-13-22-48-47-20-9-12-25-59(47)70-60(44)48/h1-37H. The molecule has 5 aromatic heterocycles. The summed E-state index contributed by atoms with van der Waals surface area (Å²) < 4.78 is 14.0. The van der Waals surface area contributed by atoms with Gasteiger partial charge in [-0.3, -0.25) is 0 Å². The average Bonchev–Trinajstić information content (AvgIpc) is 4.18. The maximum absolute atomic E-state index is 6.50. The number of furan rings is 1. The molecular formula is C63H37N5OS. The lowest BCUT2D eigenvalue weighted by Crippen LogP contribution is -2.00. The molecule has 10 aromatic carbocycles. The van der Waals surface area contributed by atoms with Gasteiger partial charge in [0.1, 0.15) is 11.2 Å². The maximum Gasteiger partial charge on any atom is 0.164 e. The number of aromatic nitrogens is 5. The molecular weight excluding hydrogens is 875 g/mol. The van der Waals surface area contributed by atoms with Crippen LogP contribution >= 0.6 is 11.3 Å². The molecule has 0 aliphatic heterocycles. The molecule has 0 spiro atoms. The van der Waals surface area contributed by atoms with Crippen LogP contribution in [0, 0.1) is 0 Å². The van der Waals surface area contributed by atoms with Crippen LogP contribution < -0.4 is 0 Å². The van der Waals surface area contributed by atoms with Crippen molar-refractivity contribution in [3.8, 4) is 56.7 Å². The molecule has 0 aliphatic rings. The Bertz CT molecular complexity index is 4540. The zero-order chi connectivity index (χ0) is 45.9. The van der Waals surface area contributed by atoms with Gasteiger partial charge in [0.05, 0.1) is 22.1 Å². The Morgan fingerprint density at radius 1 is 0.314 bits per heavy atom. The predicted octanol–water partition coefficient (Wildman–Crippen LogP) is 17.0. The summed E-state index contributed by atoms with van der Waals surface area (Å²) in [6, 6.07) is 79.8. The van der Waals surface area contributed by atoms with Gasteiger partial charge in [0, 0.05) is 80.6 Å². The number of fused-ring (bicyclic) bond motifs is 12. The third-order valence-corrected chi connectivity index (χ3v) is 15.2. The van der Waals surface area contributed by atoms with E-state index in [0.29, 0.717) is 17.5 Å². The van der Waals surface area contributed by atoms with Gasteiger partial charge in [-0.05, 0) is 96.1 Å². The summed E-state index contributed by atoms with van der Waals surface area (Å²) >= 11 is 1.88. The van der Waals surface area contributed by atoms with Crippen LogP contribution in [0.1, 0.15) is 0 Å². The summed E-state index contributed by atoms with van der Waals surface area (Å²) in [4.78, 5) is 15.0. The number of rotatable bonds is 6. The zero-order valence-corrected chi connectivity index (χ0v) is 38.2. The van der Waals surface area contributed by atoms with Crippen LogP contribution in [0.3, 0.4) is 0 Å². The molecule has 0 unspecified atom stereocenters. The van der Waals surface area contributed by atoms with Crippen molar-refractivity contribution in [2.75, 3.05) is 0 Å². The van der Waals surface area contributed by atoms with Crippen LogP contribution in [0.25, 0.3) is 142 Å². The molecule has 70 heavy (non-hydrogen) atoms. The molecule has 5 heterocycles. The normalized spacial score (nSPS) is 12.0. The van der Waals surface area contributed by atoms with Gasteiger partial charge in [0.25, 0.3) is 0 Å². The third-order valence-electron chi connectivity index (χ3n) is 14.0. The first-order valence-electron chi connectivity index (χ1n) is 23.5. The molecule has 0 N–H and O–H groups in total. The summed E-state index contributed by atoms with van der Waals surface area (Å²) in [7, 11) is 0. The van der Waals surface area contributed by atoms with Gasteiger partial charge in [-0.15, -0.1) is 11.3 Å². The molecule has 0 saturated carbocycles. The largest absolute Gasteiger partial charge is 0.456 e. The van der Waals surface area contributed by atoms with Crippen molar-refractivity contribution in [1.29, 1.82) is 0 Å². The lowest BCUT2D eigenvalue weighted by atomic mass is 10.0. The van der Waals surface area contributed by atoms with Gasteiger partial charge in [0.2, 0.25) is 0 Å².